The third kappa shape index (κ3) is 4.28. The quantitative estimate of drug-likeness (QED) is 0.636. The van der Waals surface area contributed by atoms with Crippen molar-refractivity contribution in [3.05, 3.63) is 69.2 Å². The summed E-state index contributed by atoms with van der Waals surface area (Å²) >= 11 is 11.7. The van der Waals surface area contributed by atoms with Crippen LogP contribution < -0.4 is 5.32 Å². The van der Waals surface area contributed by atoms with Crippen molar-refractivity contribution in [3.63, 3.8) is 0 Å². The topological polar surface area (TPSA) is 52.9 Å². The maximum Gasteiger partial charge on any atom is 0.266 e. The molecule has 0 unspecified atom stereocenters. The van der Waals surface area contributed by atoms with E-state index in [0.717, 1.165) is 24.3 Å². The number of benzene rings is 2. The molecular formula is C16H8Cl2F2N2O. The Balaban J connectivity index is 2.30. The number of nitrogens with zero attached hydrogens (tertiary/aromatic N) is 1. The Bertz CT molecular complexity index is 844. The normalized spacial score (nSPS) is 11.0. The van der Waals surface area contributed by atoms with Crippen LogP contribution in [-0.4, -0.2) is 5.91 Å². The SMILES string of the molecule is N#C/C(=C/c1cc(F)ccc1F)C(=O)Nc1ccc(Cl)cc1Cl. The van der Waals surface area contributed by atoms with Gasteiger partial charge >= 0.3 is 0 Å². The van der Waals surface area contributed by atoms with Crippen molar-refractivity contribution >= 4 is 40.9 Å². The van der Waals surface area contributed by atoms with Crippen molar-refractivity contribution < 1.29 is 13.6 Å². The standard InChI is InChI=1S/C16H8Cl2F2N2O/c17-11-1-4-15(13(18)7-11)22-16(23)10(8-21)5-9-6-12(19)2-3-14(9)20/h1-7H,(H,22,23)/b10-5-. The van der Waals surface area contributed by atoms with E-state index in [1.807, 2.05) is 0 Å². The number of nitriles is 1. The summed E-state index contributed by atoms with van der Waals surface area (Å²) in [6, 6.07) is 8.75. The highest BCUT2D eigenvalue weighted by molar-refractivity contribution is 6.36. The van der Waals surface area contributed by atoms with Gasteiger partial charge in [-0.05, 0) is 42.5 Å². The minimum Gasteiger partial charge on any atom is -0.320 e. The Labute approximate surface area is 140 Å². The lowest BCUT2D eigenvalue weighted by atomic mass is 10.1. The first-order chi connectivity index (χ1) is 10.9. The zero-order chi connectivity index (χ0) is 17.0. The molecule has 23 heavy (non-hydrogen) atoms. The van der Waals surface area contributed by atoms with E-state index >= 15 is 0 Å². The summed E-state index contributed by atoms with van der Waals surface area (Å²) in [7, 11) is 0. The molecule has 116 valence electrons. The Morgan fingerprint density at radius 3 is 2.57 bits per heavy atom. The molecule has 0 fully saturated rings. The number of hydrogen-bond donors (Lipinski definition) is 1. The predicted octanol–water partition coefficient (Wildman–Crippen LogP) is 4.82. The third-order valence-corrected chi connectivity index (χ3v) is 3.35. The Kier molecular flexibility index (Phi) is 5.32. The number of amides is 1. The summed E-state index contributed by atoms with van der Waals surface area (Å²) in [5, 5.41) is 12.0. The maximum absolute atomic E-state index is 13.6. The zero-order valence-electron chi connectivity index (χ0n) is 11.4. The van der Waals surface area contributed by atoms with Crippen LogP contribution in [0, 0.1) is 23.0 Å². The molecule has 0 bridgehead atoms. The van der Waals surface area contributed by atoms with Gasteiger partial charge in [0, 0.05) is 10.6 Å². The molecule has 0 saturated carbocycles. The molecule has 7 heteroatoms. The Hall–Kier alpha value is -2.42. The molecule has 0 radical (unpaired) electrons. The van der Waals surface area contributed by atoms with Crippen molar-refractivity contribution in [1.82, 2.24) is 0 Å². The number of nitrogens with one attached hydrogen (secondary N) is 1. The fourth-order valence-corrected chi connectivity index (χ4v) is 2.17. The molecule has 0 saturated heterocycles. The van der Waals surface area contributed by atoms with E-state index in [-0.39, 0.29) is 16.3 Å². The summed E-state index contributed by atoms with van der Waals surface area (Å²) in [4.78, 5) is 12.1. The molecule has 0 heterocycles. The highest BCUT2D eigenvalue weighted by atomic mass is 35.5. The van der Waals surface area contributed by atoms with Gasteiger partial charge in [-0.3, -0.25) is 4.79 Å². The minimum absolute atomic E-state index is 0.181. The average Bonchev–Trinajstić information content (AvgIpc) is 2.50. The zero-order valence-corrected chi connectivity index (χ0v) is 12.9. The fraction of sp³-hybridized carbons (Fsp3) is 0. The molecule has 1 N–H and O–H groups in total. The van der Waals surface area contributed by atoms with E-state index in [2.05, 4.69) is 5.32 Å². The number of carbonyl (C=O) groups excluding carboxylic acids is 1. The van der Waals surface area contributed by atoms with Gasteiger partial charge in [0.2, 0.25) is 0 Å². The predicted molar refractivity (Wildman–Crippen MR) is 85.0 cm³/mol. The molecule has 0 aliphatic carbocycles. The van der Waals surface area contributed by atoms with Crippen LogP contribution in [0.25, 0.3) is 6.08 Å². The van der Waals surface area contributed by atoms with E-state index < -0.39 is 23.1 Å². The van der Waals surface area contributed by atoms with E-state index in [9.17, 15) is 13.6 Å². The summed E-state index contributed by atoms with van der Waals surface area (Å²) in [5.74, 6) is -2.24. The van der Waals surface area contributed by atoms with E-state index in [1.165, 1.54) is 18.2 Å². The molecule has 0 spiro atoms. The lowest BCUT2D eigenvalue weighted by molar-refractivity contribution is -0.112. The van der Waals surface area contributed by atoms with Gasteiger partial charge in [0.05, 0.1) is 10.7 Å². The number of halogens is 4. The molecule has 3 nitrogen and oxygen atoms in total. The second-order valence-corrected chi connectivity index (χ2v) is 5.26. The first-order valence-electron chi connectivity index (χ1n) is 6.24. The van der Waals surface area contributed by atoms with Crippen molar-refractivity contribution in [2.75, 3.05) is 5.32 Å². The van der Waals surface area contributed by atoms with Gasteiger partial charge in [0.25, 0.3) is 5.91 Å². The van der Waals surface area contributed by atoms with E-state index in [4.69, 9.17) is 28.5 Å². The first kappa shape index (κ1) is 16.9. The second kappa shape index (κ2) is 7.23. The largest absolute Gasteiger partial charge is 0.320 e. The molecule has 2 rings (SSSR count). The summed E-state index contributed by atoms with van der Waals surface area (Å²) < 4.78 is 26.7. The molecule has 1 amide bonds. The fourth-order valence-electron chi connectivity index (χ4n) is 1.71. The average molecular weight is 353 g/mol. The van der Waals surface area contributed by atoms with Crippen LogP contribution in [-0.2, 0) is 4.79 Å². The monoisotopic (exact) mass is 352 g/mol. The van der Waals surface area contributed by atoms with Gasteiger partial charge in [-0.15, -0.1) is 0 Å². The number of rotatable bonds is 3. The summed E-state index contributed by atoms with van der Waals surface area (Å²) in [5.41, 5.74) is -0.374. The van der Waals surface area contributed by atoms with Gasteiger partial charge in [0.15, 0.2) is 0 Å². The van der Waals surface area contributed by atoms with Gasteiger partial charge in [0.1, 0.15) is 23.3 Å². The highest BCUT2D eigenvalue weighted by Crippen LogP contribution is 2.26. The number of anilines is 1. The van der Waals surface area contributed by atoms with Crippen LogP contribution in [0.4, 0.5) is 14.5 Å². The van der Waals surface area contributed by atoms with Gasteiger partial charge in [-0.25, -0.2) is 8.78 Å². The molecule has 2 aromatic rings. The lowest BCUT2D eigenvalue weighted by Gasteiger charge is -2.07. The van der Waals surface area contributed by atoms with Crippen LogP contribution in [0.1, 0.15) is 5.56 Å². The number of hydrogen-bond acceptors (Lipinski definition) is 2. The molecule has 0 aromatic heterocycles. The van der Waals surface area contributed by atoms with Crippen LogP contribution in [0.15, 0.2) is 42.0 Å². The summed E-state index contributed by atoms with van der Waals surface area (Å²) in [6.45, 7) is 0. The van der Waals surface area contributed by atoms with Gasteiger partial charge in [-0.1, -0.05) is 23.2 Å². The minimum atomic E-state index is -0.805. The van der Waals surface area contributed by atoms with Crippen molar-refractivity contribution in [3.8, 4) is 6.07 Å². The van der Waals surface area contributed by atoms with Crippen LogP contribution in [0.5, 0.6) is 0 Å². The van der Waals surface area contributed by atoms with Crippen molar-refractivity contribution in [2.45, 2.75) is 0 Å². The molecule has 2 aromatic carbocycles. The van der Waals surface area contributed by atoms with E-state index in [1.54, 1.807) is 6.07 Å². The van der Waals surface area contributed by atoms with Crippen LogP contribution >= 0.6 is 23.2 Å². The molecule has 0 aliphatic rings. The third-order valence-electron chi connectivity index (χ3n) is 2.80. The Morgan fingerprint density at radius 2 is 1.91 bits per heavy atom. The number of carbonyl (C=O) groups is 1. The van der Waals surface area contributed by atoms with E-state index in [0.29, 0.717) is 5.02 Å². The molecule has 0 aliphatic heterocycles. The van der Waals surface area contributed by atoms with Crippen molar-refractivity contribution in [1.29, 1.82) is 5.26 Å². The second-order valence-electron chi connectivity index (χ2n) is 4.41. The lowest BCUT2D eigenvalue weighted by Crippen LogP contribution is -2.13. The first-order valence-corrected chi connectivity index (χ1v) is 6.99. The Morgan fingerprint density at radius 1 is 1.17 bits per heavy atom. The van der Waals surface area contributed by atoms with Gasteiger partial charge in [-0.2, -0.15) is 5.26 Å². The van der Waals surface area contributed by atoms with Crippen molar-refractivity contribution in [2.24, 2.45) is 0 Å². The van der Waals surface area contributed by atoms with Gasteiger partial charge < -0.3 is 5.32 Å². The highest BCUT2D eigenvalue weighted by Gasteiger charge is 2.13. The van der Waals surface area contributed by atoms with Crippen LogP contribution in [0.3, 0.4) is 0 Å². The maximum atomic E-state index is 13.6. The van der Waals surface area contributed by atoms with Crippen LogP contribution in [0.2, 0.25) is 10.0 Å². The molecule has 0 atom stereocenters. The smallest absolute Gasteiger partial charge is 0.266 e. The summed E-state index contributed by atoms with van der Waals surface area (Å²) in [6.07, 6.45) is 0.956. The molecular weight excluding hydrogens is 345 g/mol.